The van der Waals surface area contributed by atoms with Crippen molar-refractivity contribution in [3.8, 4) is 0 Å². The van der Waals surface area contributed by atoms with Gasteiger partial charge in [-0.1, -0.05) is 24.3 Å². The Morgan fingerprint density at radius 3 is 2.47 bits per heavy atom. The Bertz CT molecular complexity index is 372. The van der Waals surface area contributed by atoms with Crippen molar-refractivity contribution in [1.82, 2.24) is 0 Å². The van der Waals surface area contributed by atoms with Crippen LogP contribution in [0.3, 0.4) is 0 Å². The van der Waals surface area contributed by atoms with Gasteiger partial charge in [0.05, 0.1) is 12.2 Å². The van der Waals surface area contributed by atoms with Crippen molar-refractivity contribution in [3.05, 3.63) is 35.4 Å². The monoisotopic (exact) mass is 270 g/mol. The Labute approximate surface area is 112 Å². The summed E-state index contributed by atoms with van der Waals surface area (Å²) in [5.74, 6) is 0. The molecule has 0 amide bonds. The molecule has 1 heterocycles. The molecule has 1 fully saturated rings. The van der Waals surface area contributed by atoms with Crippen molar-refractivity contribution < 1.29 is 18.6 Å². The van der Waals surface area contributed by atoms with Crippen LogP contribution in [0.2, 0.25) is 0 Å². The molecule has 0 saturated carbocycles. The number of alkyl halides is 2. The molecule has 1 N–H and O–H groups in total. The summed E-state index contributed by atoms with van der Waals surface area (Å²) in [7, 11) is 0. The molecule has 4 heteroatoms. The highest BCUT2D eigenvalue weighted by atomic mass is 19.3. The van der Waals surface area contributed by atoms with Gasteiger partial charge in [-0.2, -0.15) is 0 Å². The number of aliphatic hydroxyl groups is 1. The summed E-state index contributed by atoms with van der Waals surface area (Å²) in [5, 5.41) is 10.00. The highest BCUT2D eigenvalue weighted by Crippen LogP contribution is 2.25. The summed E-state index contributed by atoms with van der Waals surface area (Å²) in [6.45, 7) is 0.850. The van der Waals surface area contributed by atoms with E-state index in [1.165, 1.54) is 12.1 Å². The highest BCUT2D eigenvalue weighted by molar-refractivity contribution is 5.24. The molecule has 1 aliphatic heterocycles. The quantitative estimate of drug-likeness (QED) is 0.846. The van der Waals surface area contributed by atoms with Crippen LogP contribution in [0.5, 0.6) is 0 Å². The smallest absolute Gasteiger partial charge is 0.263 e. The number of hydrogen-bond donors (Lipinski definition) is 1. The van der Waals surface area contributed by atoms with Crippen LogP contribution < -0.4 is 0 Å². The number of ether oxygens (including phenoxy) is 1. The highest BCUT2D eigenvalue weighted by Gasteiger charge is 2.16. The molecule has 19 heavy (non-hydrogen) atoms. The third kappa shape index (κ3) is 4.25. The second kappa shape index (κ2) is 6.96. The van der Waals surface area contributed by atoms with E-state index in [2.05, 4.69) is 0 Å². The van der Waals surface area contributed by atoms with Crippen molar-refractivity contribution in [1.29, 1.82) is 0 Å². The van der Waals surface area contributed by atoms with E-state index in [4.69, 9.17) is 4.74 Å². The molecule has 1 aliphatic rings. The standard InChI is InChI=1S/C15H20F2O2/c16-15(17)12-8-6-11(7-9-12)14(18)5-1-3-13-4-2-10-19-13/h6-9,13-15,18H,1-5,10H2. The van der Waals surface area contributed by atoms with Crippen LogP contribution in [0.4, 0.5) is 8.78 Å². The maximum atomic E-state index is 12.4. The fourth-order valence-corrected chi connectivity index (χ4v) is 2.44. The zero-order valence-electron chi connectivity index (χ0n) is 10.9. The molecule has 2 nitrogen and oxygen atoms in total. The predicted octanol–water partition coefficient (Wildman–Crippen LogP) is 4.01. The van der Waals surface area contributed by atoms with E-state index in [0.717, 1.165) is 32.3 Å². The van der Waals surface area contributed by atoms with Gasteiger partial charge < -0.3 is 9.84 Å². The topological polar surface area (TPSA) is 29.5 Å². The molecule has 1 saturated heterocycles. The van der Waals surface area contributed by atoms with Crippen molar-refractivity contribution in [3.63, 3.8) is 0 Å². The minimum Gasteiger partial charge on any atom is -0.388 e. The number of hydrogen-bond acceptors (Lipinski definition) is 2. The van der Waals surface area contributed by atoms with Gasteiger partial charge in [0, 0.05) is 12.2 Å². The summed E-state index contributed by atoms with van der Waals surface area (Å²) in [6, 6.07) is 5.92. The van der Waals surface area contributed by atoms with E-state index in [1.54, 1.807) is 12.1 Å². The van der Waals surface area contributed by atoms with Crippen LogP contribution in [0, 0.1) is 0 Å². The average molecular weight is 270 g/mol. The zero-order chi connectivity index (χ0) is 13.7. The number of halogens is 2. The molecule has 0 aliphatic carbocycles. The molecular weight excluding hydrogens is 250 g/mol. The Hall–Kier alpha value is -1.00. The lowest BCUT2D eigenvalue weighted by Crippen LogP contribution is -2.06. The summed E-state index contributed by atoms with van der Waals surface area (Å²) in [5.41, 5.74) is 0.701. The van der Waals surface area contributed by atoms with Crippen molar-refractivity contribution >= 4 is 0 Å². The first-order chi connectivity index (χ1) is 9.16. The molecule has 0 spiro atoms. The van der Waals surface area contributed by atoms with E-state index in [1.807, 2.05) is 0 Å². The molecule has 106 valence electrons. The van der Waals surface area contributed by atoms with Crippen LogP contribution >= 0.6 is 0 Å². The molecule has 0 radical (unpaired) electrons. The first-order valence-corrected chi connectivity index (χ1v) is 6.84. The Morgan fingerprint density at radius 2 is 1.89 bits per heavy atom. The van der Waals surface area contributed by atoms with Gasteiger partial charge in [0.25, 0.3) is 6.43 Å². The second-order valence-electron chi connectivity index (χ2n) is 5.05. The maximum Gasteiger partial charge on any atom is 0.263 e. The lowest BCUT2D eigenvalue weighted by atomic mass is 10.0. The van der Waals surface area contributed by atoms with Crippen LogP contribution in [0.1, 0.15) is 55.8 Å². The number of benzene rings is 1. The minimum atomic E-state index is -2.45. The van der Waals surface area contributed by atoms with Gasteiger partial charge in [0.15, 0.2) is 0 Å². The van der Waals surface area contributed by atoms with Crippen molar-refractivity contribution in [2.24, 2.45) is 0 Å². The Kier molecular flexibility index (Phi) is 5.28. The van der Waals surface area contributed by atoms with Gasteiger partial charge in [-0.3, -0.25) is 0 Å². The van der Waals surface area contributed by atoms with Crippen molar-refractivity contribution in [2.75, 3.05) is 6.61 Å². The molecular formula is C15H20F2O2. The van der Waals surface area contributed by atoms with Gasteiger partial charge in [-0.05, 0) is 37.7 Å². The maximum absolute atomic E-state index is 12.4. The predicted molar refractivity (Wildman–Crippen MR) is 69.2 cm³/mol. The van der Waals surface area contributed by atoms with Gasteiger partial charge in [0.2, 0.25) is 0 Å². The molecule has 0 bridgehead atoms. The zero-order valence-corrected chi connectivity index (χ0v) is 10.9. The molecule has 2 rings (SSSR count). The lowest BCUT2D eigenvalue weighted by Gasteiger charge is -2.13. The molecule has 0 aromatic heterocycles. The average Bonchev–Trinajstić information content (AvgIpc) is 2.92. The summed E-state index contributed by atoms with van der Waals surface area (Å²) < 4.78 is 30.3. The molecule has 2 unspecified atom stereocenters. The Morgan fingerprint density at radius 1 is 1.21 bits per heavy atom. The van der Waals surface area contributed by atoms with Crippen LogP contribution in [0.25, 0.3) is 0 Å². The third-order valence-corrected chi connectivity index (χ3v) is 3.60. The normalized spacial score (nSPS) is 20.9. The molecule has 1 aromatic carbocycles. The van der Waals surface area contributed by atoms with E-state index in [0.29, 0.717) is 18.1 Å². The van der Waals surface area contributed by atoms with Crippen LogP contribution in [-0.2, 0) is 4.74 Å². The van der Waals surface area contributed by atoms with Crippen LogP contribution in [-0.4, -0.2) is 17.8 Å². The summed E-state index contributed by atoms with van der Waals surface area (Å²) in [6.07, 6.45) is 2.05. The van der Waals surface area contributed by atoms with E-state index in [9.17, 15) is 13.9 Å². The number of rotatable bonds is 6. The van der Waals surface area contributed by atoms with E-state index >= 15 is 0 Å². The lowest BCUT2D eigenvalue weighted by molar-refractivity contribution is 0.0944. The molecule has 1 aromatic rings. The van der Waals surface area contributed by atoms with Crippen molar-refractivity contribution in [2.45, 2.75) is 50.7 Å². The van der Waals surface area contributed by atoms with Gasteiger partial charge in [0.1, 0.15) is 0 Å². The summed E-state index contributed by atoms with van der Waals surface area (Å²) >= 11 is 0. The number of aliphatic hydroxyl groups excluding tert-OH is 1. The van der Waals surface area contributed by atoms with Gasteiger partial charge in [-0.25, -0.2) is 8.78 Å². The van der Waals surface area contributed by atoms with E-state index < -0.39 is 12.5 Å². The first kappa shape index (κ1) is 14.4. The molecule has 2 atom stereocenters. The van der Waals surface area contributed by atoms with Gasteiger partial charge >= 0.3 is 0 Å². The summed E-state index contributed by atoms with van der Waals surface area (Å²) in [4.78, 5) is 0. The van der Waals surface area contributed by atoms with Crippen LogP contribution in [0.15, 0.2) is 24.3 Å². The third-order valence-electron chi connectivity index (χ3n) is 3.60. The second-order valence-corrected chi connectivity index (χ2v) is 5.05. The fourth-order valence-electron chi connectivity index (χ4n) is 2.44. The van der Waals surface area contributed by atoms with E-state index in [-0.39, 0.29) is 5.56 Å². The minimum absolute atomic E-state index is 0.00435. The largest absolute Gasteiger partial charge is 0.388 e. The van der Waals surface area contributed by atoms with Gasteiger partial charge in [-0.15, -0.1) is 0 Å². The Balaban J connectivity index is 1.76. The fraction of sp³-hybridized carbons (Fsp3) is 0.600. The first-order valence-electron chi connectivity index (χ1n) is 6.84. The SMILES string of the molecule is OC(CCCC1CCCO1)c1ccc(C(F)F)cc1.